The van der Waals surface area contributed by atoms with E-state index in [2.05, 4.69) is 9.97 Å². The summed E-state index contributed by atoms with van der Waals surface area (Å²) in [5.74, 6) is 0. The van der Waals surface area contributed by atoms with Gasteiger partial charge < -0.3 is 16.5 Å². The fourth-order valence-electron chi connectivity index (χ4n) is 2.49. The average molecular weight is 202 g/mol. The van der Waals surface area contributed by atoms with Crippen LogP contribution < -0.4 is 11.5 Å². The molecule has 3 rings (SSSR count). The first-order chi connectivity index (χ1) is 7.19. The van der Waals surface area contributed by atoms with E-state index in [1.54, 1.807) is 6.20 Å². The second-order valence-corrected chi connectivity index (χ2v) is 4.42. The van der Waals surface area contributed by atoms with Crippen LogP contribution in [0.4, 0.5) is 0 Å². The zero-order chi connectivity index (χ0) is 10.5. The van der Waals surface area contributed by atoms with Crippen molar-refractivity contribution in [3.63, 3.8) is 0 Å². The number of nitrogens with one attached hydrogen (secondary N) is 1. The van der Waals surface area contributed by atoms with Crippen molar-refractivity contribution in [3.05, 3.63) is 30.1 Å². The number of hydrogen-bond acceptors (Lipinski definition) is 3. The predicted octanol–water partition coefficient (Wildman–Crippen LogP) is 0.838. The molecule has 5 N–H and O–H groups in total. The summed E-state index contributed by atoms with van der Waals surface area (Å²) in [6, 6.07) is 4.27. The van der Waals surface area contributed by atoms with Crippen molar-refractivity contribution in [2.24, 2.45) is 11.5 Å². The minimum atomic E-state index is -0.247. The van der Waals surface area contributed by atoms with Crippen LogP contribution >= 0.6 is 0 Å². The van der Waals surface area contributed by atoms with Crippen molar-refractivity contribution < 1.29 is 0 Å². The fraction of sp³-hybridized carbons (Fsp3) is 0.364. The molecule has 0 atom stereocenters. The number of aromatic nitrogens is 2. The molecule has 4 heteroatoms. The number of hydrogen-bond donors (Lipinski definition) is 3. The molecule has 1 aliphatic carbocycles. The highest BCUT2D eigenvalue weighted by molar-refractivity contribution is 5.80. The lowest BCUT2D eigenvalue weighted by molar-refractivity contribution is 0.213. The van der Waals surface area contributed by atoms with Gasteiger partial charge in [-0.1, -0.05) is 0 Å². The number of fused-ring (bicyclic) bond motifs is 1. The maximum atomic E-state index is 6.32. The highest BCUT2D eigenvalue weighted by Crippen LogP contribution is 2.40. The molecule has 15 heavy (non-hydrogen) atoms. The Balaban J connectivity index is 2.14. The first-order valence-corrected chi connectivity index (χ1v) is 5.16. The number of aromatic amines is 1. The second kappa shape index (κ2) is 2.81. The van der Waals surface area contributed by atoms with Crippen molar-refractivity contribution in [1.29, 1.82) is 0 Å². The Hall–Kier alpha value is -1.39. The quantitative estimate of drug-likeness (QED) is 0.641. The van der Waals surface area contributed by atoms with E-state index in [0.29, 0.717) is 0 Å². The lowest BCUT2D eigenvalue weighted by Gasteiger charge is -2.43. The van der Waals surface area contributed by atoms with Gasteiger partial charge >= 0.3 is 0 Å². The Kier molecular flexibility index (Phi) is 1.66. The van der Waals surface area contributed by atoms with Crippen LogP contribution in [0.3, 0.4) is 0 Å². The Morgan fingerprint density at radius 2 is 2.20 bits per heavy atom. The summed E-state index contributed by atoms with van der Waals surface area (Å²) < 4.78 is 0. The first-order valence-electron chi connectivity index (χ1n) is 5.16. The molecule has 2 heterocycles. The Morgan fingerprint density at radius 1 is 1.40 bits per heavy atom. The van der Waals surface area contributed by atoms with E-state index < -0.39 is 0 Å². The lowest BCUT2D eigenvalue weighted by atomic mass is 9.69. The standard InChI is InChI=1S/C11H14N4/c12-7-5-11(13,6-7)9-2-4-15-10-8(9)1-3-14-10/h1-4,7H,5-6,12-13H2,(H,14,15). The van der Waals surface area contributed by atoms with Crippen LogP contribution in [0.25, 0.3) is 11.0 Å². The molecule has 2 aromatic heterocycles. The topological polar surface area (TPSA) is 80.7 Å². The van der Waals surface area contributed by atoms with Gasteiger partial charge in [0.1, 0.15) is 5.65 Å². The summed E-state index contributed by atoms with van der Waals surface area (Å²) in [4.78, 5) is 7.34. The van der Waals surface area contributed by atoms with Gasteiger partial charge in [0.2, 0.25) is 0 Å². The molecule has 2 aromatic rings. The third-order valence-electron chi connectivity index (χ3n) is 3.25. The van der Waals surface area contributed by atoms with Crippen LogP contribution in [0.1, 0.15) is 18.4 Å². The molecule has 0 spiro atoms. The van der Waals surface area contributed by atoms with Gasteiger partial charge in [-0.25, -0.2) is 4.98 Å². The van der Waals surface area contributed by atoms with Gasteiger partial charge in [-0.3, -0.25) is 0 Å². The highest BCUT2D eigenvalue weighted by Gasteiger charge is 2.41. The van der Waals surface area contributed by atoms with Crippen LogP contribution in [-0.4, -0.2) is 16.0 Å². The molecule has 4 nitrogen and oxygen atoms in total. The van der Waals surface area contributed by atoms with E-state index >= 15 is 0 Å². The van der Waals surface area contributed by atoms with E-state index in [9.17, 15) is 0 Å². The van der Waals surface area contributed by atoms with E-state index in [4.69, 9.17) is 11.5 Å². The van der Waals surface area contributed by atoms with Gasteiger partial charge in [0, 0.05) is 29.4 Å². The Morgan fingerprint density at radius 3 is 2.93 bits per heavy atom. The number of H-pyrrole nitrogens is 1. The molecule has 0 bridgehead atoms. The summed E-state index contributed by atoms with van der Waals surface area (Å²) in [6.45, 7) is 0. The summed E-state index contributed by atoms with van der Waals surface area (Å²) in [6.07, 6.45) is 5.41. The molecule has 0 aliphatic heterocycles. The van der Waals surface area contributed by atoms with Crippen molar-refractivity contribution in [1.82, 2.24) is 9.97 Å². The molecule has 1 fully saturated rings. The number of pyridine rings is 1. The fourth-order valence-corrected chi connectivity index (χ4v) is 2.49. The molecule has 1 aliphatic rings. The third kappa shape index (κ3) is 1.19. The average Bonchev–Trinajstić information content (AvgIpc) is 2.62. The minimum Gasteiger partial charge on any atom is -0.346 e. The van der Waals surface area contributed by atoms with Gasteiger partial charge in [0.05, 0.1) is 0 Å². The maximum Gasteiger partial charge on any atom is 0.137 e. The normalized spacial score (nSPS) is 30.4. The Labute approximate surface area is 87.7 Å². The van der Waals surface area contributed by atoms with E-state index in [0.717, 1.165) is 29.4 Å². The molecule has 0 unspecified atom stereocenters. The van der Waals surface area contributed by atoms with Gasteiger partial charge in [-0.15, -0.1) is 0 Å². The van der Waals surface area contributed by atoms with Gasteiger partial charge in [0.25, 0.3) is 0 Å². The Bertz CT molecular complexity index is 496. The smallest absolute Gasteiger partial charge is 0.137 e. The van der Waals surface area contributed by atoms with Crippen molar-refractivity contribution in [3.8, 4) is 0 Å². The summed E-state index contributed by atoms with van der Waals surface area (Å²) >= 11 is 0. The SMILES string of the molecule is NC1CC(N)(c2ccnc3[nH]ccc23)C1. The van der Waals surface area contributed by atoms with Crippen LogP contribution in [-0.2, 0) is 5.54 Å². The van der Waals surface area contributed by atoms with Gasteiger partial charge in [0.15, 0.2) is 0 Å². The molecule has 78 valence electrons. The summed E-state index contributed by atoms with van der Waals surface area (Å²) in [5.41, 5.74) is 13.9. The molecular weight excluding hydrogens is 188 g/mol. The first kappa shape index (κ1) is 8.88. The molecule has 0 radical (unpaired) electrons. The number of nitrogens with two attached hydrogens (primary N) is 2. The highest BCUT2D eigenvalue weighted by atomic mass is 14.9. The van der Waals surface area contributed by atoms with Gasteiger partial charge in [-0.05, 0) is 30.5 Å². The van der Waals surface area contributed by atoms with Crippen molar-refractivity contribution in [2.75, 3.05) is 0 Å². The summed E-state index contributed by atoms with van der Waals surface area (Å²) in [5, 5.41) is 1.12. The van der Waals surface area contributed by atoms with Crippen molar-refractivity contribution >= 4 is 11.0 Å². The molecule has 0 saturated heterocycles. The minimum absolute atomic E-state index is 0.247. The monoisotopic (exact) mass is 202 g/mol. The molecular formula is C11H14N4. The van der Waals surface area contributed by atoms with Crippen LogP contribution in [0.2, 0.25) is 0 Å². The van der Waals surface area contributed by atoms with Crippen LogP contribution in [0.5, 0.6) is 0 Å². The molecule has 0 aromatic carbocycles. The number of nitrogens with zero attached hydrogens (tertiary/aromatic N) is 1. The van der Waals surface area contributed by atoms with Crippen molar-refractivity contribution in [2.45, 2.75) is 24.4 Å². The van der Waals surface area contributed by atoms with E-state index in [-0.39, 0.29) is 11.6 Å². The third-order valence-corrected chi connectivity index (χ3v) is 3.25. The number of rotatable bonds is 1. The lowest BCUT2D eigenvalue weighted by Crippen LogP contribution is -2.55. The molecule has 0 amide bonds. The summed E-state index contributed by atoms with van der Waals surface area (Å²) in [7, 11) is 0. The van der Waals surface area contributed by atoms with E-state index in [1.165, 1.54) is 0 Å². The zero-order valence-electron chi connectivity index (χ0n) is 8.40. The molecule has 1 saturated carbocycles. The van der Waals surface area contributed by atoms with E-state index in [1.807, 2.05) is 18.3 Å². The van der Waals surface area contributed by atoms with Gasteiger partial charge in [-0.2, -0.15) is 0 Å². The zero-order valence-corrected chi connectivity index (χ0v) is 8.40. The van der Waals surface area contributed by atoms with Crippen LogP contribution in [0.15, 0.2) is 24.5 Å². The largest absolute Gasteiger partial charge is 0.346 e. The second-order valence-electron chi connectivity index (χ2n) is 4.42. The predicted molar refractivity (Wildman–Crippen MR) is 59.2 cm³/mol. The maximum absolute atomic E-state index is 6.32. The van der Waals surface area contributed by atoms with Crippen LogP contribution in [0, 0.1) is 0 Å².